The van der Waals surface area contributed by atoms with Crippen molar-refractivity contribution in [2.45, 2.75) is 32.7 Å². The van der Waals surface area contributed by atoms with Crippen LogP contribution in [-0.2, 0) is 0 Å². The van der Waals surface area contributed by atoms with Crippen molar-refractivity contribution in [1.82, 2.24) is 5.32 Å². The fourth-order valence-corrected chi connectivity index (χ4v) is 2.00. The summed E-state index contributed by atoms with van der Waals surface area (Å²) >= 11 is 0. The van der Waals surface area contributed by atoms with Gasteiger partial charge in [0.25, 0.3) is 0 Å². The lowest BCUT2D eigenvalue weighted by Gasteiger charge is -2.32. The Morgan fingerprint density at radius 2 is 2.38 bits per heavy atom. The van der Waals surface area contributed by atoms with E-state index in [1.54, 1.807) is 0 Å². The number of urea groups is 1. The van der Waals surface area contributed by atoms with Crippen molar-refractivity contribution in [3.05, 3.63) is 12.2 Å². The Balaban J connectivity index is 2.64. The van der Waals surface area contributed by atoms with Crippen molar-refractivity contribution in [3.8, 4) is 0 Å². The smallest absolute Gasteiger partial charge is 0.312 e. The molecule has 0 aromatic carbocycles. The predicted octanol–water partition coefficient (Wildman–Crippen LogP) is 1.65. The number of hydrogen-bond acceptors (Lipinski definition) is 1. The summed E-state index contributed by atoms with van der Waals surface area (Å²) in [6.45, 7) is 4.26. The van der Waals surface area contributed by atoms with E-state index in [0.717, 1.165) is 12.8 Å². The second-order valence-electron chi connectivity index (χ2n) is 3.73. The Kier molecular flexibility index (Phi) is 3.34. The van der Waals surface area contributed by atoms with Gasteiger partial charge in [-0.3, -0.25) is 0 Å². The van der Waals surface area contributed by atoms with Crippen LogP contribution in [0.4, 0.5) is 4.79 Å². The molecule has 0 aromatic heterocycles. The summed E-state index contributed by atoms with van der Waals surface area (Å²) in [5.41, 5.74) is 5.13. The molecule has 0 aliphatic heterocycles. The van der Waals surface area contributed by atoms with E-state index in [0.29, 0.717) is 11.8 Å². The summed E-state index contributed by atoms with van der Waals surface area (Å²) in [5.74, 6) is 0.929. The quantitative estimate of drug-likeness (QED) is 0.627. The molecule has 0 heterocycles. The largest absolute Gasteiger partial charge is 0.352 e. The number of primary amides is 1. The van der Waals surface area contributed by atoms with Gasteiger partial charge < -0.3 is 11.1 Å². The lowest BCUT2D eigenvalue weighted by Crippen LogP contribution is -2.47. The van der Waals surface area contributed by atoms with Gasteiger partial charge in [-0.1, -0.05) is 32.4 Å². The summed E-state index contributed by atoms with van der Waals surface area (Å²) in [6.07, 6.45) is 6.47. The van der Waals surface area contributed by atoms with E-state index in [2.05, 4.69) is 31.3 Å². The highest BCUT2D eigenvalue weighted by molar-refractivity contribution is 5.72. The number of rotatable bonds is 2. The highest BCUT2D eigenvalue weighted by Gasteiger charge is 2.26. The first-order chi connectivity index (χ1) is 6.15. The second kappa shape index (κ2) is 4.30. The van der Waals surface area contributed by atoms with E-state index >= 15 is 0 Å². The van der Waals surface area contributed by atoms with Gasteiger partial charge in [-0.25, -0.2) is 4.79 Å². The molecule has 0 saturated heterocycles. The summed E-state index contributed by atoms with van der Waals surface area (Å²) in [4.78, 5) is 10.8. The third-order valence-corrected chi connectivity index (χ3v) is 2.79. The monoisotopic (exact) mass is 182 g/mol. The molecular weight excluding hydrogens is 164 g/mol. The number of nitrogens with one attached hydrogen (secondary N) is 1. The van der Waals surface area contributed by atoms with Crippen LogP contribution in [0, 0.1) is 11.8 Å². The van der Waals surface area contributed by atoms with Crippen LogP contribution in [0.15, 0.2) is 12.2 Å². The number of nitrogens with two attached hydrogens (primary N) is 1. The van der Waals surface area contributed by atoms with E-state index in [-0.39, 0.29) is 6.04 Å². The minimum Gasteiger partial charge on any atom is -0.352 e. The van der Waals surface area contributed by atoms with Gasteiger partial charge in [0.05, 0.1) is 0 Å². The lowest BCUT2D eigenvalue weighted by molar-refractivity contribution is 0.228. The number of hydrogen-bond donors (Lipinski definition) is 2. The molecule has 0 radical (unpaired) electrons. The van der Waals surface area contributed by atoms with E-state index in [4.69, 9.17) is 5.73 Å². The molecule has 3 N–H and O–H groups in total. The van der Waals surface area contributed by atoms with Crippen LogP contribution >= 0.6 is 0 Å². The van der Waals surface area contributed by atoms with E-state index < -0.39 is 6.03 Å². The van der Waals surface area contributed by atoms with E-state index in [1.807, 2.05) is 0 Å². The fraction of sp³-hybridized carbons (Fsp3) is 0.700. The zero-order chi connectivity index (χ0) is 9.84. The van der Waals surface area contributed by atoms with E-state index in [1.165, 1.54) is 0 Å². The summed E-state index contributed by atoms with van der Waals surface area (Å²) < 4.78 is 0. The Hall–Kier alpha value is -0.990. The molecule has 0 bridgehead atoms. The van der Waals surface area contributed by atoms with Gasteiger partial charge in [0, 0.05) is 6.04 Å². The second-order valence-corrected chi connectivity index (χ2v) is 3.73. The topological polar surface area (TPSA) is 55.1 Å². The first-order valence-corrected chi connectivity index (χ1v) is 4.87. The SMILES string of the molecule is CCC1CC=CC(C)C1NC(N)=O. The highest BCUT2D eigenvalue weighted by atomic mass is 16.2. The molecule has 74 valence electrons. The Labute approximate surface area is 79.4 Å². The molecule has 2 amide bonds. The van der Waals surface area contributed by atoms with Crippen molar-refractivity contribution < 1.29 is 4.79 Å². The van der Waals surface area contributed by atoms with Crippen LogP contribution in [-0.4, -0.2) is 12.1 Å². The van der Waals surface area contributed by atoms with Gasteiger partial charge in [0.2, 0.25) is 0 Å². The standard InChI is InChI=1S/C10H18N2O/c1-3-8-6-4-5-7(2)9(8)12-10(11)13/h4-5,7-9H,3,6H2,1-2H3,(H3,11,12,13). The number of carbonyl (C=O) groups excluding carboxylic acids is 1. The van der Waals surface area contributed by atoms with E-state index in [9.17, 15) is 4.79 Å². The molecule has 3 nitrogen and oxygen atoms in total. The first-order valence-electron chi connectivity index (χ1n) is 4.87. The zero-order valence-electron chi connectivity index (χ0n) is 8.29. The molecule has 3 unspecified atom stereocenters. The van der Waals surface area contributed by atoms with Gasteiger partial charge in [-0.15, -0.1) is 0 Å². The van der Waals surface area contributed by atoms with Crippen LogP contribution in [0.5, 0.6) is 0 Å². The molecule has 0 spiro atoms. The van der Waals surface area contributed by atoms with Crippen molar-refractivity contribution >= 4 is 6.03 Å². The first kappa shape index (κ1) is 10.1. The van der Waals surface area contributed by atoms with Crippen LogP contribution in [0.3, 0.4) is 0 Å². The zero-order valence-corrected chi connectivity index (χ0v) is 8.29. The Bertz CT molecular complexity index is 213. The predicted molar refractivity (Wildman–Crippen MR) is 53.2 cm³/mol. The third kappa shape index (κ3) is 2.47. The van der Waals surface area contributed by atoms with Crippen LogP contribution < -0.4 is 11.1 Å². The van der Waals surface area contributed by atoms with Crippen molar-refractivity contribution in [3.63, 3.8) is 0 Å². The van der Waals surface area contributed by atoms with Crippen LogP contribution in [0.2, 0.25) is 0 Å². The van der Waals surface area contributed by atoms with Gasteiger partial charge in [0.15, 0.2) is 0 Å². The molecule has 13 heavy (non-hydrogen) atoms. The summed E-state index contributed by atoms with van der Waals surface area (Å²) in [7, 11) is 0. The molecule has 3 atom stereocenters. The Morgan fingerprint density at radius 1 is 1.69 bits per heavy atom. The number of allylic oxidation sites excluding steroid dienone is 1. The van der Waals surface area contributed by atoms with Gasteiger partial charge in [-0.2, -0.15) is 0 Å². The minimum absolute atomic E-state index is 0.215. The molecule has 3 heteroatoms. The molecule has 0 saturated carbocycles. The minimum atomic E-state index is -0.411. The molecule has 1 rings (SSSR count). The normalized spacial score (nSPS) is 32.9. The highest BCUT2D eigenvalue weighted by Crippen LogP contribution is 2.25. The number of carbonyl (C=O) groups is 1. The van der Waals surface area contributed by atoms with Gasteiger partial charge >= 0.3 is 6.03 Å². The molecule has 0 aromatic rings. The van der Waals surface area contributed by atoms with Gasteiger partial charge in [0.1, 0.15) is 0 Å². The van der Waals surface area contributed by atoms with Crippen molar-refractivity contribution in [2.75, 3.05) is 0 Å². The maximum Gasteiger partial charge on any atom is 0.312 e. The molecular formula is C10H18N2O. The lowest BCUT2D eigenvalue weighted by atomic mass is 9.81. The Morgan fingerprint density at radius 3 is 2.92 bits per heavy atom. The van der Waals surface area contributed by atoms with Crippen LogP contribution in [0.25, 0.3) is 0 Å². The maximum atomic E-state index is 10.8. The average Bonchev–Trinajstić information content (AvgIpc) is 2.08. The molecule has 1 aliphatic rings. The fourth-order valence-electron chi connectivity index (χ4n) is 2.00. The maximum absolute atomic E-state index is 10.8. The van der Waals surface area contributed by atoms with Crippen molar-refractivity contribution in [2.24, 2.45) is 17.6 Å². The third-order valence-electron chi connectivity index (χ3n) is 2.79. The molecule has 0 fully saturated rings. The molecule has 1 aliphatic carbocycles. The number of amides is 2. The van der Waals surface area contributed by atoms with Gasteiger partial charge in [-0.05, 0) is 18.3 Å². The average molecular weight is 182 g/mol. The summed E-state index contributed by atoms with van der Waals surface area (Å²) in [5, 5.41) is 2.82. The summed E-state index contributed by atoms with van der Waals surface area (Å²) in [6, 6.07) is -0.196. The van der Waals surface area contributed by atoms with Crippen LogP contribution in [0.1, 0.15) is 26.7 Å². The van der Waals surface area contributed by atoms with Crippen molar-refractivity contribution in [1.29, 1.82) is 0 Å².